The van der Waals surface area contributed by atoms with Gasteiger partial charge in [0.25, 0.3) is 0 Å². The van der Waals surface area contributed by atoms with Crippen molar-refractivity contribution in [1.29, 1.82) is 0 Å². The Kier molecular flexibility index (Phi) is 3.99. The first-order chi connectivity index (χ1) is 8.48. The maximum Gasteiger partial charge on any atom is 0.0366 e. The standard InChI is InChI=1S/C17H27N/c1-14(17(2,3)4)15-8-10-16(11-9-15)18-12-6-5-7-13-18/h8-11,14H,5-7,12-13H2,1-4H3. The Balaban J connectivity index is 2.09. The summed E-state index contributed by atoms with van der Waals surface area (Å²) >= 11 is 0. The van der Waals surface area contributed by atoms with Crippen LogP contribution in [0.5, 0.6) is 0 Å². The fraction of sp³-hybridized carbons (Fsp3) is 0.647. The van der Waals surface area contributed by atoms with Gasteiger partial charge in [-0.1, -0.05) is 39.8 Å². The second kappa shape index (κ2) is 5.34. The van der Waals surface area contributed by atoms with Gasteiger partial charge in [-0.2, -0.15) is 0 Å². The van der Waals surface area contributed by atoms with E-state index in [9.17, 15) is 0 Å². The monoisotopic (exact) mass is 245 g/mol. The molecule has 1 heterocycles. The van der Waals surface area contributed by atoms with Gasteiger partial charge in [0, 0.05) is 18.8 Å². The Morgan fingerprint density at radius 1 is 0.944 bits per heavy atom. The molecule has 0 saturated carbocycles. The third kappa shape index (κ3) is 3.07. The van der Waals surface area contributed by atoms with Crippen LogP contribution in [0, 0.1) is 5.41 Å². The summed E-state index contributed by atoms with van der Waals surface area (Å²) in [7, 11) is 0. The van der Waals surface area contributed by atoms with Crippen LogP contribution in [0.2, 0.25) is 0 Å². The molecule has 0 N–H and O–H groups in total. The highest BCUT2D eigenvalue weighted by molar-refractivity contribution is 5.48. The highest BCUT2D eigenvalue weighted by Gasteiger charge is 2.21. The fourth-order valence-corrected chi connectivity index (χ4v) is 2.63. The summed E-state index contributed by atoms with van der Waals surface area (Å²) < 4.78 is 0. The summed E-state index contributed by atoms with van der Waals surface area (Å²) in [5.74, 6) is 0.605. The zero-order chi connectivity index (χ0) is 13.2. The summed E-state index contributed by atoms with van der Waals surface area (Å²) in [6.45, 7) is 11.7. The van der Waals surface area contributed by atoms with E-state index in [4.69, 9.17) is 0 Å². The van der Waals surface area contributed by atoms with Crippen molar-refractivity contribution in [3.05, 3.63) is 29.8 Å². The van der Waals surface area contributed by atoms with E-state index >= 15 is 0 Å². The number of anilines is 1. The number of benzene rings is 1. The molecule has 1 heteroatoms. The van der Waals surface area contributed by atoms with Crippen LogP contribution < -0.4 is 4.90 Å². The molecule has 0 aromatic heterocycles. The smallest absolute Gasteiger partial charge is 0.0366 e. The molecule has 1 saturated heterocycles. The zero-order valence-corrected chi connectivity index (χ0v) is 12.4. The second-order valence-electron chi connectivity index (χ2n) is 6.73. The molecule has 0 amide bonds. The number of hydrogen-bond acceptors (Lipinski definition) is 1. The van der Waals surface area contributed by atoms with Crippen molar-refractivity contribution in [3.8, 4) is 0 Å². The van der Waals surface area contributed by atoms with Gasteiger partial charge in [-0.15, -0.1) is 0 Å². The topological polar surface area (TPSA) is 3.24 Å². The molecule has 1 unspecified atom stereocenters. The number of hydrogen-bond donors (Lipinski definition) is 0. The highest BCUT2D eigenvalue weighted by Crippen LogP contribution is 2.35. The normalized spacial score (nSPS) is 18.8. The van der Waals surface area contributed by atoms with E-state index in [1.165, 1.54) is 43.6 Å². The van der Waals surface area contributed by atoms with E-state index < -0.39 is 0 Å². The highest BCUT2D eigenvalue weighted by atomic mass is 15.1. The van der Waals surface area contributed by atoms with Gasteiger partial charge in [-0.05, 0) is 48.3 Å². The van der Waals surface area contributed by atoms with Crippen molar-refractivity contribution in [2.45, 2.75) is 52.9 Å². The molecule has 1 nitrogen and oxygen atoms in total. The third-order valence-corrected chi connectivity index (χ3v) is 4.41. The molecule has 1 aliphatic rings. The van der Waals surface area contributed by atoms with Crippen LogP contribution in [0.4, 0.5) is 5.69 Å². The van der Waals surface area contributed by atoms with Gasteiger partial charge >= 0.3 is 0 Å². The molecule has 1 aromatic rings. The number of nitrogens with zero attached hydrogens (tertiary/aromatic N) is 1. The lowest BCUT2D eigenvalue weighted by Crippen LogP contribution is -2.29. The van der Waals surface area contributed by atoms with E-state index in [0.717, 1.165) is 0 Å². The molecule has 18 heavy (non-hydrogen) atoms. The number of rotatable bonds is 2. The Morgan fingerprint density at radius 2 is 1.50 bits per heavy atom. The average Bonchev–Trinajstić information content (AvgIpc) is 2.38. The first-order valence-electron chi connectivity index (χ1n) is 7.33. The third-order valence-electron chi connectivity index (χ3n) is 4.41. The molecule has 1 fully saturated rings. The Bertz CT molecular complexity index is 366. The quantitative estimate of drug-likeness (QED) is 0.721. The average molecular weight is 245 g/mol. The van der Waals surface area contributed by atoms with Crippen LogP contribution in [0.15, 0.2) is 24.3 Å². The van der Waals surface area contributed by atoms with Gasteiger partial charge in [-0.25, -0.2) is 0 Å². The van der Waals surface area contributed by atoms with Gasteiger partial charge < -0.3 is 4.90 Å². The van der Waals surface area contributed by atoms with Gasteiger partial charge in [0.15, 0.2) is 0 Å². The molecule has 0 bridgehead atoms. The Hall–Kier alpha value is -0.980. The fourth-order valence-electron chi connectivity index (χ4n) is 2.63. The van der Waals surface area contributed by atoms with E-state index in [-0.39, 0.29) is 0 Å². The summed E-state index contributed by atoms with van der Waals surface area (Å²) in [6, 6.07) is 9.26. The minimum Gasteiger partial charge on any atom is -0.372 e. The summed E-state index contributed by atoms with van der Waals surface area (Å²) in [4.78, 5) is 2.52. The van der Waals surface area contributed by atoms with Crippen molar-refractivity contribution < 1.29 is 0 Å². The summed E-state index contributed by atoms with van der Waals surface area (Å²) in [5.41, 5.74) is 3.20. The largest absolute Gasteiger partial charge is 0.372 e. The SMILES string of the molecule is CC(c1ccc(N2CCCCC2)cc1)C(C)(C)C. The van der Waals surface area contributed by atoms with Crippen LogP contribution in [0.3, 0.4) is 0 Å². The number of piperidine rings is 1. The molecule has 1 aliphatic heterocycles. The molecule has 2 rings (SSSR count). The van der Waals surface area contributed by atoms with Gasteiger partial charge in [0.05, 0.1) is 0 Å². The summed E-state index contributed by atoms with van der Waals surface area (Å²) in [5, 5.41) is 0. The van der Waals surface area contributed by atoms with Gasteiger partial charge in [0.2, 0.25) is 0 Å². The molecular weight excluding hydrogens is 218 g/mol. The van der Waals surface area contributed by atoms with E-state index in [1.54, 1.807) is 0 Å². The van der Waals surface area contributed by atoms with Gasteiger partial charge in [0.1, 0.15) is 0 Å². The van der Waals surface area contributed by atoms with E-state index in [2.05, 4.69) is 56.9 Å². The minimum atomic E-state index is 0.340. The van der Waals surface area contributed by atoms with Crippen LogP contribution in [-0.4, -0.2) is 13.1 Å². The maximum atomic E-state index is 2.52. The van der Waals surface area contributed by atoms with Crippen molar-refractivity contribution in [1.82, 2.24) is 0 Å². The lowest BCUT2D eigenvalue weighted by atomic mass is 9.78. The molecule has 0 radical (unpaired) electrons. The van der Waals surface area contributed by atoms with Crippen LogP contribution >= 0.6 is 0 Å². The lowest BCUT2D eigenvalue weighted by Gasteiger charge is -2.30. The van der Waals surface area contributed by atoms with Crippen LogP contribution in [-0.2, 0) is 0 Å². The lowest BCUT2D eigenvalue weighted by molar-refractivity contribution is 0.339. The Morgan fingerprint density at radius 3 is 2.00 bits per heavy atom. The van der Waals surface area contributed by atoms with Crippen LogP contribution in [0.25, 0.3) is 0 Å². The predicted molar refractivity (Wildman–Crippen MR) is 80.4 cm³/mol. The maximum absolute atomic E-state index is 2.52. The molecule has 1 atom stereocenters. The van der Waals surface area contributed by atoms with Crippen molar-refractivity contribution in [3.63, 3.8) is 0 Å². The minimum absolute atomic E-state index is 0.340. The molecule has 0 aliphatic carbocycles. The first kappa shape index (κ1) is 13.5. The van der Waals surface area contributed by atoms with Crippen LogP contribution in [0.1, 0.15) is 58.4 Å². The zero-order valence-electron chi connectivity index (χ0n) is 12.4. The van der Waals surface area contributed by atoms with E-state index in [0.29, 0.717) is 11.3 Å². The summed E-state index contributed by atoms with van der Waals surface area (Å²) in [6.07, 6.45) is 4.09. The van der Waals surface area contributed by atoms with Crippen molar-refractivity contribution >= 4 is 5.69 Å². The Labute approximate surface area is 112 Å². The molecule has 100 valence electrons. The predicted octanol–water partition coefficient (Wildman–Crippen LogP) is 4.83. The van der Waals surface area contributed by atoms with Gasteiger partial charge in [-0.3, -0.25) is 0 Å². The van der Waals surface area contributed by atoms with E-state index in [1.807, 2.05) is 0 Å². The molecule has 1 aromatic carbocycles. The first-order valence-corrected chi connectivity index (χ1v) is 7.33. The second-order valence-corrected chi connectivity index (χ2v) is 6.73. The molecular formula is C17H27N. The van der Waals surface area contributed by atoms with Crippen molar-refractivity contribution in [2.75, 3.05) is 18.0 Å². The molecule has 0 spiro atoms. The van der Waals surface area contributed by atoms with Crippen molar-refractivity contribution in [2.24, 2.45) is 5.41 Å².